The molecule has 0 fully saturated rings. The van der Waals surface area contributed by atoms with E-state index in [1.165, 1.54) is 13.8 Å². The van der Waals surface area contributed by atoms with E-state index in [1.807, 2.05) is 6.92 Å². The van der Waals surface area contributed by atoms with Gasteiger partial charge in [-0.2, -0.15) is 0 Å². The van der Waals surface area contributed by atoms with Gasteiger partial charge in [0.2, 0.25) is 0 Å². The highest BCUT2D eigenvalue weighted by molar-refractivity contribution is 5.84. The molecule has 0 rings (SSSR count). The first kappa shape index (κ1) is 12.4. The second-order valence-corrected chi connectivity index (χ2v) is 4.30. The van der Waals surface area contributed by atoms with E-state index in [2.05, 4.69) is 13.8 Å². The Morgan fingerprint density at radius 1 is 1.46 bits per heavy atom. The monoisotopic (exact) mass is 187 g/mol. The first-order valence-electron chi connectivity index (χ1n) is 4.80. The van der Waals surface area contributed by atoms with Gasteiger partial charge in [-0.05, 0) is 26.7 Å². The Morgan fingerprint density at radius 2 is 1.92 bits per heavy atom. The van der Waals surface area contributed by atoms with Crippen LogP contribution >= 0.6 is 0 Å². The lowest BCUT2D eigenvalue weighted by molar-refractivity contribution is -0.148. The van der Waals surface area contributed by atoms with Crippen molar-refractivity contribution in [3.8, 4) is 0 Å². The van der Waals surface area contributed by atoms with Crippen molar-refractivity contribution in [3.05, 3.63) is 0 Å². The fraction of sp³-hybridized carbons (Fsp3) is 0.900. The highest BCUT2D eigenvalue weighted by atomic mass is 16.3. The number of carbonyl (C=O) groups is 1. The second kappa shape index (κ2) is 4.61. The molecule has 1 N–H and O–H groups in total. The molecule has 0 aliphatic rings. The molecule has 3 nitrogen and oxygen atoms in total. The number of hydrogen-bond donors (Lipinski definition) is 1. The van der Waals surface area contributed by atoms with Gasteiger partial charge in [0.25, 0.3) is 5.91 Å². The summed E-state index contributed by atoms with van der Waals surface area (Å²) >= 11 is 0. The maximum atomic E-state index is 11.6. The Labute approximate surface area is 80.7 Å². The van der Waals surface area contributed by atoms with Crippen LogP contribution in [0.4, 0.5) is 0 Å². The smallest absolute Gasteiger partial charge is 0.253 e. The maximum absolute atomic E-state index is 11.6. The maximum Gasteiger partial charge on any atom is 0.253 e. The Hall–Kier alpha value is -0.570. The van der Waals surface area contributed by atoms with Gasteiger partial charge in [-0.3, -0.25) is 4.79 Å². The van der Waals surface area contributed by atoms with Crippen molar-refractivity contribution in [2.45, 2.75) is 40.2 Å². The minimum Gasteiger partial charge on any atom is -0.381 e. The van der Waals surface area contributed by atoms with E-state index in [4.69, 9.17) is 0 Å². The fourth-order valence-corrected chi connectivity index (χ4v) is 1.18. The summed E-state index contributed by atoms with van der Waals surface area (Å²) in [5.41, 5.74) is -1.25. The van der Waals surface area contributed by atoms with E-state index in [-0.39, 0.29) is 5.91 Å². The van der Waals surface area contributed by atoms with Gasteiger partial charge in [-0.1, -0.05) is 13.8 Å². The summed E-state index contributed by atoms with van der Waals surface area (Å²) in [6, 6.07) is 0. The van der Waals surface area contributed by atoms with E-state index in [0.29, 0.717) is 19.0 Å². The average Bonchev–Trinajstić information content (AvgIpc) is 1.96. The van der Waals surface area contributed by atoms with Crippen LogP contribution in [0.15, 0.2) is 0 Å². The summed E-state index contributed by atoms with van der Waals surface area (Å²) < 4.78 is 0. The molecule has 0 saturated carbocycles. The van der Waals surface area contributed by atoms with Crippen LogP contribution in [0.3, 0.4) is 0 Å². The number of nitrogens with zero attached hydrogens (tertiary/aromatic N) is 1. The minimum atomic E-state index is -1.25. The van der Waals surface area contributed by atoms with E-state index in [1.54, 1.807) is 4.90 Å². The van der Waals surface area contributed by atoms with Crippen molar-refractivity contribution in [2.24, 2.45) is 5.92 Å². The molecule has 0 atom stereocenters. The molecule has 13 heavy (non-hydrogen) atoms. The van der Waals surface area contributed by atoms with Crippen LogP contribution in [-0.4, -0.2) is 34.6 Å². The van der Waals surface area contributed by atoms with Crippen LogP contribution in [0, 0.1) is 5.92 Å². The summed E-state index contributed by atoms with van der Waals surface area (Å²) in [6.07, 6.45) is 0. The SMILES string of the molecule is CCN(CC(C)C)C(=O)C(C)(C)O. The quantitative estimate of drug-likeness (QED) is 0.720. The molecule has 0 radical (unpaired) electrons. The largest absolute Gasteiger partial charge is 0.381 e. The molecule has 1 amide bonds. The van der Waals surface area contributed by atoms with Crippen molar-refractivity contribution < 1.29 is 9.90 Å². The Morgan fingerprint density at radius 3 is 2.15 bits per heavy atom. The van der Waals surface area contributed by atoms with Gasteiger partial charge in [0.1, 0.15) is 5.60 Å². The molecule has 0 aromatic carbocycles. The van der Waals surface area contributed by atoms with Crippen LogP contribution in [0.1, 0.15) is 34.6 Å². The van der Waals surface area contributed by atoms with Gasteiger partial charge < -0.3 is 10.0 Å². The highest BCUT2D eigenvalue weighted by Crippen LogP contribution is 2.09. The molecule has 0 unspecified atom stereocenters. The highest BCUT2D eigenvalue weighted by Gasteiger charge is 2.28. The van der Waals surface area contributed by atoms with E-state index in [9.17, 15) is 9.90 Å². The zero-order valence-electron chi connectivity index (χ0n) is 9.29. The van der Waals surface area contributed by atoms with E-state index in [0.717, 1.165) is 0 Å². The standard InChI is InChI=1S/C10H21NO2/c1-6-11(7-8(2)3)9(12)10(4,5)13/h8,13H,6-7H2,1-5H3. The number of likely N-dealkylation sites (N-methyl/N-ethyl adjacent to an activating group) is 1. The number of rotatable bonds is 4. The average molecular weight is 187 g/mol. The lowest BCUT2D eigenvalue weighted by Crippen LogP contribution is -2.46. The van der Waals surface area contributed by atoms with Crippen LogP contribution in [0.2, 0.25) is 0 Å². The molecule has 0 heterocycles. The van der Waals surface area contributed by atoms with Crippen LogP contribution in [-0.2, 0) is 4.79 Å². The first-order chi connectivity index (χ1) is 5.79. The molecule has 3 heteroatoms. The van der Waals surface area contributed by atoms with Crippen LogP contribution < -0.4 is 0 Å². The topological polar surface area (TPSA) is 40.5 Å². The van der Waals surface area contributed by atoms with Crippen LogP contribution in [0.5, 0.6) is 0 Å². The molecule has 78 valence electrons. The van der Waals surface area contributed by atoms with Crippen molar-refractivity contribution in [2.75, 3.05) is 13.1 Å². The Balaban J connectivity index is 4.33. The molecule has 0 aliphatic carbocycles. The lowest BCUT2D eigenvalue weighted by atomic mass is 10.1. The van der Waals surface area contributed by atoms with Gasteiger partial charge in [0.15, 0.2) is 0 Å². The zero-order valence-corrected chi connectivity index (χ0v) is 9.29. The third-order valence-electron chi connectivity index (χ3n) is 1.78. The van der Waals surface area contributed by atoms with Gasteiger partial charge in [0.05, 0.1) is 0 Å². The van der Waals surface area contributed by atoms with Crippen LogP contribution in [0.25, 0.3) is 0 Å². The van der Waals surface area contributed by atoms with Gasteiger partial charge >= 0.3 is 0 Å². The first-order valence-corrected chi connectivity index (χ1v) is 4.80. The second-order valence-electron chi connectivity index (χ2n) is 4.30. The fourth-order valence-electron chi connectivity index (χ4n) is 1.18. The molecule has 0 aromatic rings. The molecule has 0 spiro atoms. The normalized spacial score (nSPS) is 11.9. The predicted octanol–water partition coefficient (Wildman–Crippen LogP) is 1.26. The third kappa shape index (κ3) is 4.27. The molecular formula is C10H21NO2. The van der Waals surface area contributed by atoms with E-state index < -0.39 is 5.60 Å². The molecule has 0 saturated heterocycles. The Bertz CT molecular complexity index is 170. The number of amides is 1. The third-order valence-corrected chi connectivity index (χ3v) is 1.78. The predicted molar refractivity (Wildman–Crippen MR) is 53.4 cm³/mol. The van der Waals surface area contributed by atoms with Crippen molar-refractivity contribution in [1.29, 1.82) is 0 Å². The summed E-state index contributed by atoms with van der Waals surface area (Å²) in [6.45, 7) is 10.4. The summed E-state index contributed by atoms with van der Waals surface area (Å²) in [7, 11) is 0. The summed E-state index contributed by atoms with van der Waals surface area (Å²) in [5, 5.41) is 9.51. The molecule has 0 aromatic heterocycles. The number of aliphatic hydroxyl groups is 1. The van der Waals surface area contributed by atoms with E-state index >= 15 is 0 Å². The number of carbonyl (C=O) groups excluding carboxylic acids is 1. The zero-order chi connectivity index (χ0) is 10.6. The summed E-state index contributed by atoms with van der Waals surface area (Å²) in [5.74, 6) is 0.245. The lowest BCUT2D eigenvalue weighted by Gasteiger charge is -2.28. The minimum absolute atomic E-state index is 0.191. The number of hydrogen-bond acceptors (Lipinski definition) is 2. The molecule has 0 bridgehead atoms. The molecule has 0 aliphatic heterocycles. The summed E-state index contributed by atoms with van der Waals surface area (Å²) in [4.78, 5) is 13.3. The van der Waals surface area contributed by atoms with Crippen molar-refractivity contribution in [3.63, 3.8) is 0 Å². The van der Waals surface area contributed by atoms with Crippen molar-refractivity contribution in [1.82, 2.24) is 4.90 Å². The van der Waals surface area contributed by atoms with Gasteiger partial charge in [-0.15, -0.1) is 0 Å². The van der Waals surface area contributed by atoms with Gasteiger partial charge in [0, 0.05) is 13.1 Å². The Kier molecular flexibility index (Phi) is 4.40. The molecular weight excluding hydrogens is 166 g/mol. The van der Waals surface area contributed by atoms with Gasteiger partial charge in [-0.25, -0.2) is 0 Å². The van der Waals surface area contributed by atoms with Crippen molar-refractivity contribution >= 4 is 5.91 Å².